The maximum Gasteiger partial charge on any atom is 0.460 e. The molecule has 446 valence electrons. The first-order chi connectivity index (χ1) is 32.1. The second-order valence-electron chi connectivity index (χ2n) is 16.9. The van der Waals surface area contributed by atoms with Gasteiger partial charge in [-0.15, -0.1) is 0 Å². The summed E-state index contributed by atoms with van der Waals surface area (Å²) in [7, 11) is -7.40. The molecule has 0 saturated heterocycles. The van der Waals surface area contributed by atoms with Crippen LogP contribution in [0.5, 0.6) is 0 Å². The van der Waals surface area contributed by atoms with Crippen molar-refractivity contribution in [1.29, 1.82) is 0 Å². The molecule has 0 amide bonds. The summed E-state index contributed by atoms with van der Waals surface area (Å²) in [5.74, 6) is -130. The highest BCUT2D eigenvalue weighted by Crippen LogP contribution is 2.65. The van der Waals surface area contributed by atoms with E-state index in [-0.39, 0.29) is 0 Å². The van der Waals surface area contributed by atoms with E-state index < -0.39 is 177 Å². The third kappa shape index (κ3) is 11.0. The molecule has 43 heteroatoms. The van der Waals surface area contributed by atoms with Gasteiger partial charge < -0.3 is 8.95 Å². The van der Waals surface area contributed by atoms with E-state index in [1.807, 2.05) is 0 Å². The molecule has 0 bridgehead atoms. The summed E-state index contributed by atoms with van der Waals surface area (Å²) in [5, 5.41) is 3.12. The molecule has 0 aliphatic heterocycles. The van der Waals surface area contributed by atoms with Gasteiger partial charge in [0, 0.05) is 30.7 Å². The molecule has 0 atom stereocenters. The number of halogens is 39. The molecule has 0 unspecified atom stereocenters. The summed E-state index contributed by atoms with van der Waals surface area (Å²) in [6.07, 6.45) is -37.0. The van der Waals surface area contributed by atoms with Gasteiger partial charge in [0.25, 0.3) is 0 Å². The van der Waals surface area contributed by atoms with Crippen LogP contribution in [0.2, 0.25) is 18.1 Å². The molecule has 0 fully saturated rings. The van der Waals surface area contributed by atoms with Gasteiger partial charge in [0.2, 0.25) is 0 Å². The van der Waals surface area contributed by atoms with Gasteiger partial charge in [0.05, 0.1) is 12.3 Å². The lowest BCUT2D eigenvalue weighted by molar-refractivity contribution is -0.440. The van der Waals surface area contributed by atoms with Crippen LogP contribution in [0.4, 0.5) is 171 Å². The zero-order chi connectivity index (χ0) is 60.9. The van der Waals surface area contributed by atoms with Gasteiger partial charge in [-0.05, 0) is 18.1 Å². The molecule has 0 spiro atoms. The second-order valence-corrected chi connectivity index (χ2v) is 21.1. The lowest BCUT2D eigenvalue weighted by Gasteiger charge is -2.42. The van der Waals surface area contributed by atoms with Crippen molar-refractivity contribution >= 4 is 8.32 Å². The predicted molar refractivity (Wildman–Crippen MR) is 166 cm³/mol. The van der Waals surface area contributed by atoms with Crippen molar-refractivity contribution in [3.63, 3.8) is 0 Å². The Morgan fingerprint density at radius 2 is 0.560 bits per heavy atom. The molecular formula is C32H24F39NO2Si. The number of hydrogen-bond acceptors (Lipinski definition) is 3. The van der Waals surface area contributed by atoms with Gasteiger partial charge >= 0.3 is 107 Å². The summed E-state index contributed by atoms with van der Waals surface area (Å²) in [4.78, 5) is 0. The highest BCUT2D eigenvalue weighted by atomic mass is 28.4. The van der Waals surface area contributed by atoms with Gasteiger partial charge in [0.1, 0.15) is 0 Å². The number of aromatic nitrogens is 1. The van der Waals surface area contributed by atoms with Crippen LogP contribution in [0.25, 0.3) is 0 Å². The summed E-state index contributed by atoms with van der Waals surface area (Å²) >= 11 is 0. The Morgan fingerprint density at radius 3 is 0.747 bits per heavy atom. The van der Waals surface area contributed by atoms with Crippen molar-refractivity contribution < 1.29 is 180 Å². The van der Waals surface area contributed by atoms with E-state index in [4.69, 9.17) is 0 Å². The van der Waals surface area contributed by atoms with Gasteiger partial charge in [-0.2, -0.15) is 171 Å². The Morgan fingerprint density at radius 1 is 0.347 bits per heavy atom. The first-order valence-corrected chi connectivity index (χ1v) is 21.1. The van der Waals surface area contributed by atoms with E-state index in [0.717, 1.165) is 20.8 Å². The molecule has 75 heavy (non-hydrogen) atoms. The number of rotatable bonds is 24. The van der Waals surface area contributed by atoms with Gasteiger partial charge in [0.15, 0.2) is 14.1 Å². The Bertz CT molecular complexity index is 1920. The molecule has 0 aliphatic carbocycles. The molecule has 0 aromatic carbocycles. The number of hydrogen-bond donors (Lipinski definition) is 0. The zero-order valence-corrected chi connectivity index (χ0v) is 36.5. The van der Waals surface area contributed by atoms with Crippen molar-refractivity contribution in [1.82, 2.24) is 5.16 Å². The van der Waals surface area contributed by atoms with Crippen molar-refractivity contribution in [3.05, 3.63) is 17.5 Å². The third-order valence-electron chi connectivity index (χ3n) is 10.5. The summed E-state index contributed by atoms with van der Waals surface area (Å²) in [6.45, 7) is 0.988. The van der Waals surface area contributed by atoms with Gasteiger partial charge in [-0.25, -0.2) is 0 Å². The standard InChI is InChI=1S/C32H24F39NO2Si/c1-14(2,3)13-10-12(74-72-13)11-73-75(7-4-15(33,34)18(39,40)21(45,46)24(51,52)27(57,58)30(63,64)65,8-5-16(35,36)19(41,42)22(47,48)25(53,54)28(59,60)31(66,67)68)9-6-17(37,38)20(43,44)23(49,50)26(55,56)29(61,62)32(69,70)71/h10H,4-9,11H2,1-3H3. The maximum absolute atomic E-state index is 15.1. The quantitative estimate of drug-likeness (QED) is 0.0764. The van der Waals surface area contributed by atoms with E-state index >= 15 is 26.3 Å². The van der Waals surface area contributed by atoms with Crippen molar-refractivity contribution in [2.24, 2.45) is 0 Å². The van der Waals surface area contributed by atoms with Crippen LogP contribution in [0, 0.1) is 0 Å². The minimum atomic E-state index is -8.93. The molecule has 0 N–H and O–H groups in total. The first kappa shape index (κ1) is 69.7. The number of alkyl halides is 39. The molecule has 1 aromatic rings. The van der Waals surface area contributed by atoms with Gasteiger partial charge in [-0.1, -0.05) is 25.9 Å². The minimum Gasteiger partial charge on any atom is -0.409 e. The average molecular weight is 1220 g/mol. The van der Waals surface area contributed by atoms with Crippen LogP contribution in [-0.2, 0) is 16.4 Å². The van der Waals surface area contributed by atoms with Crippen LogP contribution in [0.3, 0.4) is 0 Å². The highest BCUT2D eigenvalue weighted by molar-refractivity contribution is 6.73. The van der Waals surface area contributed by atoms with Crippen LogP contribution in [-0.4, -0.2) is 121 Å². The molecular weight excluding hydrogens is 1200 g/mol. The van der Waals surface area contributed by atoms with Crippen molar-refractivity contribution in [3.8, 4) is 0 Å². The Balaban J connectivity index is 4.49. The summed E-state index contributed by atoms with van der Waals surface area (Å²) in [6, 6.07) is -10.1. The SMILES string of the molecule is CC(C)(C)c1cc(CO[Si](CCC(F)(F)C(F)(F)C(F)(F)C(F)(F)C(F)(F)C(F)(F)F)(CCC(F)(F)C(F)(F)C(F)(F)C(F)(F)C(F)(F)C(F)(F)F)CCC(F)(F)C(F)(F)C(F)(F)C(F)(F)C(F)(F)C(F)(F)F)on1. The molecule has 0 saturated carbocycles. The van der Waals surface area contributed by atoms with E-state index in [1.54, 1.807) is 0 Å². The Hall–Kier alpha value is -3.34. The Kier molecular flexibility index (Phi) is 17.8. The zero-order valence-electron chi connectivity index (χ0n) is 35.5. The first-order valence-electron chi connectivity index (χ1n) is 18.5. The minimum absolute atomic E-state index is 0.351. The third-order valence-corrected chi connectivity index (χ3v) is 14.8. The molecule has 1 aromatic heterocycles. The van der Waals surface area contributed by atoms with Gasteiger partial charge in [-0.3, -0.25) is 0 Å². The van der Waals surface area contributed by atoms with Crippen molar-refractivity contribution in [2.45, 2.75) is 178 Å². The fourth-order valence-electron chi connectivity index (χ4n) is 5.58. The lowest BCUT2D eigenvalue weighted by Crippen LogP contribution is -2.70. The van der Waals surface area contributed by atoms with E-state index in [0.29, 0.717) is 6.07 Å². The van der Waals surface area contributed by atoms with Crippen LogP contribution in [0.15, 0.2) is 10.6 Å². The number of nitrogens with zero attached hydrogens (tertiary/aromatic N) is 1. The van der Waals surface area contributed by atoms with E-state index in [1.165, 1.54) is 0 Å². The molecule has 0 aliphatic rings. The molecule has 0 radical (unpaired) electrons. The van der Waals surface area contributed by atoms with Crippen LogP contribution < -0.4 is 0 Å². The predicted octanol–water partition coefficient (Wildman–Crippen LogP) is 16.8. The topological polar surface area (TPSA) is 35.3 Å². The van der Waals surface area contributed by atoms with E-state index in [9.17, 15) is 145 Å². The molecule has 3 nitrogen and oxygen atoms in total. The second kappa shape index (κ2) is 19.2. The summed E-state index contributed by atoms with van der Waals surface area (Å²) in [5.41, 5.74) is -1.97. The fraction of sp³-hybridized carbons (Fsp3) is 0.906. The normalized spacial score (nSPS) is 16.6. The highest BCUT2D eigenvalue weighted by Gasteiger charge is 2.93. The van der Waals surface area contributed by atoms with Crippen LogP contribution in [0.1, 0.15) is 51.5 Å². The maximum atomic E-state index is 15.1. The molecule has 1 rings (SSSR count). The molecule has 1 heterocycles. The largest absolute Gasteiger partial charge is 0.460 e. The monoisotopic (exact) mass is 1220 g/mol. The van der Waals surface area contributed by atoms with Crippen LogP contribution >= 0.6 is 0 Å². The Labute approximate surface area is 389 Å². The lowest BCUT2D eigenvalue weighted by atomic mass is 9.92. The fourth-order valence-corrected chi connectivity index (χ4v) is 9.52. The average Bonchev–Trinajstić information content (AvgIpc) is 3.68. The van der Waals surface area contributed by atoms with E-state index in [2.05, 4.69) is 14.1 Å². The smallest absolute Gasteiger partial charge is 0.409 e. The van der Waals surface area contributed by atoms with Crippen molar-refractivity contribution in [2.75, 3.05) is 0 Å². The summed E-state index contributed by atoms with van der Waals surface area (Å²) < 4.78 is 550.